The fourth-order valence-electron chi connectivity index (χ4n) is 4.15. The first-order valence-electron chi connectivity index (χ1n) is 9.87. The summed E-state index contributed by atoms with van der Waals surface area (Å²) in [5.41, 5.74) is 3.47. The summed E-state index contributed by atoms with van der Waals surface area (Å²) in [5.74, 6) is 1.18. The maximum absolute atomic E-state index is 12.5. The van der Waals surface area contributed by atoms with Gasteiger partial charge in [-0.2, -0.15) is 0 Å². The van der Waals surface area contributed by atoms with E-state index in [-0.39, 0.29) is 25.1 Å². The number of allylic oxidation sites excluding steroid dienone is 1. The number of nitrogens with zero attached hydrogens (tertiary/aromatic N) is 1. The molecule has 1 fully saturated rings. The van der Waals surface area contributed by atoms with Crippen LogP contribution < -0.4 is 0 Å². The molecule has 2 aromatic rings. The van der Waals surface area contributed by atoms with Crippen molar-refractivity contribution in [2.24, 2.45) is 0 Å². The number of sulfone groups is 1. The Hall–Kier alpha value is -2.26. The first-order valence-corrected chi connectivity index (χ1v) is 11.6. The Bertz CT molecular complexity index is 1050. The lowest BCUT2D eigenvalue weighted by atomic mass is 9.96. The van der Waals surface area contributed by atoms with Crippen molar-refractivity contribution in [3.63, 3.8) is 0 Å². The number of rotatable bonds is 8. The van der Waals surface area contributed by atoms with Crippen LogP contribution in [0.5, 0.6) is 0 Å². The normalized spacial score (nSPS) is 23.2. The summed E-state index contributed by atoms with van der Waals surface area (Å²) < 4.78 is 41.7. The molecule has 0 spiro atoms. The molecule has 0 aliphatic carbocycles. The molecule has 7 nitrogen and oxygen atoms in total. The van der Waals surface area contributed by atoms with Gasteiger partial charge < -0.3 is 19.0 Å². The Kier molecular flexibility index (Phi) is 6.19. The van der Waals surface area contributed by atoms with Crippen molar-refractivity contribution in [2.75, 3.05) is 26.1 Å². The Balaban J connectivity index is 1.58. The molecule has 1 saturated heterocycles. The highest BCUT2D eigenvalue weighted by Crippen LogP contribution is 2.39. The van der Waals surface area contributed by atoms with Crippen LogP contribution in [0.3, 0.4) is 0 Å². The van der Waals surface area contributed by atoms with Gasteiger partial charge in [0.1, 0.15) is 23.4 Å². The minimum atomic E-state index is -3.21. The maximum Gasteiger partial charge on any atom is 0.163 e. The standard InChI is InChI=1S/C22H25NO6S/c1-27-12-16-14-30(25,26)21-13-28-20(22(16)21)8-5-15(19-4-2-3-9-23-19)10-17-6-7-18(11-24)29-17/h2-4,6-7,9-10,20-21,24H,5,8,11-14H2,1H3/b15-10-/t20-,21+/m1/s1. The predicted molar refractivity (Wildman–Crippen MR) is 112 cm³/mol. The van der Waals surface area contributed by atoms with E-state index in [2.05, 4.69) is 4.98 Å². The second-order valence-electron chi connectivity index (χ2n) is 7.50. The van der Waals surface area contributed by atoms with Gasteiger partial charge in [-0.05, 0) is 59.9 Å². The number of ether oxygens (including phenoxy) is 2. The molecule has 2 atom stereocenters. The SMILES string of the molecule is COCC1=C2[C@@H](CC/C(=C/c3ccc(CO)o3)c3ccccn3)OC[C@@H]2S(=O)(=O)C1. The van der Waals surface area contributed by atoms with Gasteiger partial charge in [-0.3, -0.25) is 4.98 Å². The van der Waals surface area contributed by atoms with Gasteiger partial charge in [0.05, 0.1) is 30.8 Å². The molecule has 2 aliphatic heterocycles. The molecule has 30 heavy (non-hydrogen) atoms. The van der Waals surface area contributed by atoms with Crippen molar-refractivity contribution in [1.82, 2.24) is 4.98 Å². The first kappa shape index (κ1) is 21.0. The van der Waals surface area contributed by atoms with E-state index in [1.807, 2.05) is 24.3 Å². The molecule has 160 valence electrons. The number of fused-ring (bicyclic) bond motifs is 1. The largest absolute Gasteiger partial charge is 0.459 e. The zero-order valence-electron chi connectivity index (χ0n) is 16.8. The fraction of sp³-hybridized carbons (Fsp3) is 0.409. The molecular weight excluding hydrogens is 406 g/mol. The molecule has 1 N–H and O–H groups in total. The van der Waals surface area contributed by atoms with Gasteiger partial charge >= 0.3 is 0 Å². The fourth-order valence-corrected chi connectivity index (χ4v) is 6.08. The van der Waals surface area contributed by atoms with E-state index in [0.29, 0.717) is 31.0 Å². The maximum atomic E-state index is 12.5. The van der Waals surface area contributed by atoms with E-state index in [4.69, 9.17) is 13.9 Å². The number of furan rings is 1. The summed E-state index contributed by atoms with van der Waals surface area (Å²) in [7, 11) is -1.64. The minimum Gasteiger partial charge on any atom is -0.459 e. The van der Waals surface area contributed by atoms with E-state index in [9.17, 15) is 13.5 Å². The number of aromatic nitrogens is 1. The summed E-state index contributed by atoms with van der Waals surface area (Å²) in [6.07, 6.45) is 4.64. The van der Waals surface area contributed by atoms with Gasteiger partial charge in [-0.1, -0.05) is 6.07 Å². The molecule has 0 bridgehead atoms. The van der Waals surface area contributed by atoms with E-state index in [1.54, 1.807) is 25.4 Å². The number of pyridine rings is 1. The van der Waals surface area contributed by atoms with E-state index in [0.717, 1.165) is 22.4 Å². The lowest BCUT2D eigenvalue weighted by Gasteiger charge is -2.15. The van der Waals surface area contributed by atoms with Crippen molar-refractivity contribution < 1.29 is 27.4 Å². The Morgan fingerprint density at radius 3 is 2.90 bits per heavy atom. The zero-order valence-corrected chi connectivity index (χ0v) is 17.6. The third kappa shape index (κ3) is 4.27. The number of aliphatic hydroxyl groups excluding tert-OH is 1. The number of methoxy groups -OCH3 is 1. The molecule has 0 amide bonds. The quantitative estimate of drug-likeness (QED) is 0.642. The van der Waals surface area contributed by atoms with Crippen molar-refractivity contribution in [3.05, 3.63) is 64.9 Å². The Morgan fingerprint density at radius 1 is 1.33 bits per heavy atom. The van der Waals surface area contributed by atoms with E-state index in [1.165, 1.54) is 0 Å². The molecular formula is C22H25NO6S. The topological polar surface area (TPSA) is 98.9 Å². The van der Waals surface area contributed by atoms with Crippen LogP contribution in [-0.2, 0) is 25.9 Å². The lowest BCUT2D eigenvalue weighted by molar-refractivity contribution is 0.118. The summed E-state index contributed by atoms with van der Waals surface area (Å²) in [4.78, 5) is 4.45. The predicted octanol–water partition coefficient (Wildman–Crippen LogP) is 2.63. The average molecular weight is 432 g/mol. The Labute approximate surface area is 176 Å². The molecule has 0 unspecified atom stereocenters. The number of aliphatic hydroxyl groups is 1. The molecule has 0 aromatic carbocycles. The second kappa shape index (κ2) is 8.85. The number of hydrogen-bond donors (Lipinski definition) is 1. The summed E-state index contributed by atoms with van der Waals surface area (Å²) >= 11 is 0. The third-order valence-corrected chi connectivity index (χ3v) is 7.51. The van der Waals surface area contributed by atoms with Crippen molar-refractivity contribution >= 4 is 21.5 Å². The van der Waals surface area contributed by atoms with E-state index < -0.39 is 15.1 Å². The highest BCUT2D eigenvalue weighted by Gasteiger charge is 2.46. The van der Waals surface area contributed by atoms with Crippen LogP contribution >= 0.6 is 0 Å². The molecule has 4 heterocycles. The molecule has 2 aliphatic rings. The van der Waals surface area contributed by atoms with Crippen molar-refractivity contribution in [2.45, 2.75) is 30.8 Å². The number of hydrogen-bond acceptors (Lipinski definition) is 7. The van der Waals surface area contributed by atoms with Gasteiger partial charge in [0.25, 0.3) is 0 Å². The zero-order chi connectivity index (χ0) is 21.1. The van der Waals surface area contributed by atoms with Crippen molar-refractivity contribution in [1.29, 1.82) is 0 Å². The van der Waals surface area contributed by atoms with Crippen molar-refractivity contribution in [3.8, 4) is 0 Å². The van der Waals surface area contributed by atoms with Gasteiger partial charge in [0.2, 0.25) is 0 Å². The monoisotopic (exact) mass is 431 g/mol. The van der Waals surface area contributed by atoms with Gasteiger partial charge in [0.15, 0.2) is 9.84 Å². The highest BCUT2D eigenvalue weighted by molar-refractivity contribution is 7.92. The Morgan fingerprint density at radius 2 is 2.20 bits per heavy atom. The minimum absolute atomic E-state index is 0.0555. The van der Waals surface area contributed by atoms with E-state index >= 15 is 0 Å². The molecule has 0 radical (unpaired) electrons. The van der Waals surface area contributed by atoms with Crippen LogP contribution in [0, 0.1) is 0 Å². The van der Waals surface area contributed by atoms with Crippen LogP contribution in [0.4, 0.5) is 0 Å². The highest BCUT2D eigenvalue weighted by atomic mass is 32.2. The van der Waals surface area contributed by atoms with Crippen LogP contribution in [-0.4, -0.2) is 55.9 Å². The lowest BCUT2D eigenvalue weighted by Crippen LogP contribution is -2.19. The van der Waals surface area contributed by atoms with Crippen LogP contribution in [0.1, 0.15) is 30.1 Å². The van der Waals surface area contributed by atoms with Gasteiger partial charge in [-0.15, -0.1) is 0 Å². The first-order chi connectivity index (χ1) is 14.5. The second-order valence-corrected chi connectivity index (χ2v) is 9.68. The summed E-state index contributed by atoms with van der Waals surface area (Å²) in [6, 6.07) is 9.24. The molecule has 8 heteroatoms. The molecule has 0 saturated carbocycles. The van der Waals surface area contributed by atoms with Crippen LogP contribution in [0.25, 0.3) is 11.6 Å². The van der Waals surface area contributed by atoms with Crippen LogP contribution in [0.2, 0.25) is 0 Å². The smallest absolute Gasteiger partial charge is 0.163 e. The summed E-state index contributed by atoms with van der Waals surface area (Å²) in [5, 5.41) is 8.69. The molecule has 2 aromatic heterocycles. The molecule has 4 rings (SSSR count). The van der Waals surface area contributed by atoms with Crippen LogP contribution in [0.15, 0.2) is 52.1 Å². The summed E-state index contributed by atoms with van der Waals surface area (Å²) in [6.45, 7) is 0.357. The van der Waals surface area contributed by atoms with Gasteiger partial charge in [0, 0.05) is 13.3 Å². The third-order valence-electron chi connectivity index (χ3n) is 5.50. The van der Waals surface area contributed by atoms with Gasteiger partial charge in [-0.25, -0.2) is 8.42 Å². The average Bonchev–Trinajstić information content (AvgIpc) is 3.43.